The van der Waals surface area contributed by atoms with Crippen LogP contribution in [0.1, 0.15) is 28.9 Å². The highest BCUT2D eigenvalue weighted by Gasteiger charge is 2.44. The molecule has 148 valence electrons. The van der Waals surface area contributed by atoms with Crippen LogP contribution in [0.5, 0.6) is 5.75 Å². The third-order valence-electron chi connectivity index (χ3n) is 7.22. The molecule has 0 radical (unpaired) electrons. The normalized spacial score (nSPS) is 28.1. The molecule has 0 saturated carbocycles. The molecule has 6 nitrogen and oxygen atoms in total. The number of carbonyl (C=O) groups excluding carboxylic acids is 1. The zero-order valence-corrected chi connectivity index (χ0v) is 16.5. The fourth-order valence-corrected chi connectivity index (χ4v) is 5.70. The third-order valence-corrected chi connectivity index (χ3v) is 7.22. The van der Waals surface area contributed by atoms with Crippen molar-refractivity contribution in [1.29, 1.82) is 0 Å². The molecule has 7 rings (SSSR count). The standard InChI is InChI=1S/C23H24N4O2/c1-29-16-4-2-15(3-5-16)27-21-12-24-11-18-22(21)20(25-27)10-17(23(18)28)19-13-26-8-6-14(19)7-9-26/h2-5,11-12,14,17,19H,6-10,13H2,1H3/t17-,19?/m1/s1. The van der Waals surface area contributed by atoms with Crippen molar-refractivity contribution in [2.24, 2.45) is 17.8 Å². The molecule has 0 spiro atoms. The van der Waals surface area contributed by atoms with Crippen molar-refractivity contribution in [2.45, 2.75) is 19.3 Å². The molecule has 29 heavy (non-hydrogen) atoms. The van der Waals surface area contributed by atoms with Gasteiger partial charge in [0.15, 0.2) is 5.78 Å². The zero-order valence-electron chi connectivity index (χ0n) is 16.5. The number of piperidine rings is 3. The molecule has 3 aliphatic heterocycles. The van der Waals surface area contributed by atoms with Gasteiger partial charge in [-0.25, -0.2) is 4.68 Å². The highest BCUT2D eigenvalue weighted by Crippen LogP contribution is 2.42. The van der Waals surface area contributed by atoms with Crippen LogP contribution >= 0.6 is 0 Å². The van der Waals surface area contributed by atoms with Gasteiger partial charge in [0.1, 0.15) is 5.75 Å². The maximum atomic E-state index is 13.5. The van der Waals surface area contributed by atoms with E-state index in [4.69, 9.17) is 9.84 Å². The summed E-state index contributed by atoms with van der Waals surface area (Å²) in [4.78, 5) is 20.4. The Morgan fingerprint density at radius 3 is 2.59 bits per heavy atom. The number of aromatic nitrogens is 3. The predicted octanol–water partition coefficient (Wildman–Crippen LogP) is 3.13. The van der Waals surface area contributed by atoms with Gasteiger partial charge in [0.25, 0.3) is 0 Å². The van der Waals surface area contributed by atoms with Crippen LogP contribution < -0.4 is 4.74 Å². The summed E-state index contributed by atoms with van der Waals surface area (Å²) in [7, 11) is 1.66. The van der Waals surface area contributed by atoms with Crippen LogP contribution in [0, 0.1) is 17.8 Å². The van der Waals surface area contributed by atoms with E-state index < -0.39 is 0 Å². The number of fused-ring (bicyclic) bond motifs is 3. The Morgan fingerprint density at radius 1 is 1.10 bits per heavy atom. The van der Waals surface area contributed by atoms with E-state index in [2.05, 4.69) is 9.88 Å². The van der Waals surface area contributed by atoms with Crippen LogP contribution in [0.3, 0.4) is 0 Å². The van der Waals surface area contributed by atoms with Crippen LogP contribution in [0.4, 0.5) is 0 Å². The van der Waals surface area contributed by atoms with Crippen molar-refractivity contribution in [2.75, 3.05) is 26.7 Å². The largest absolute Gasteiger partial charge is 0.497 e. The molecule has 3 fully saturated rings. The molecule has 3 aromatic rings. The van der Waals surface area contributed by atoms with Gasteiger partial charge in [-0.05, 0) is 62.0 Å². The average Bonchev–Trinajstić information content (AvgIpc) is 3.16. The van der Waals surface area contributed by atoms with Gasteiger partial charge < -0.3 is 9.64 Å². The van der Waals surface area contributed by atoms with E-state index >= 15 is 0 Å². The lowest BCUT2D eigenvalue weighted by molar-refractivity contribution is 0.0192. The number of rotatable bonds is 3. The fraction of sp³-hybridized carbons (Fsp3) is 0.435. The number of nitrogens with zero attached hydrogens (tertiary/aromatic N) is 4. The average molecular weight is 388 g/mol. The Bertz CT molecular complexity index is 1100. The fourth-order valence-electron chi connectivity index (χ4n) is 5.70. The Kier molecular flexibility index (Phi) is 3.78. The van der Waals surface area contributed by atoms with Gasteiger partial charge in [-0.2, -0.15) is 5.10 Å². The topological polar surface area (TPSA) is 60.2 Å². The second-order valence-electron chi connectivity index (χ2n) is 8.61. The molecule has 4 aliphatic rings. The molecule has 2 aromatic heterocycles. The second-order valence-corrected chi connectivity index (χ2v) is 8.61. The summed E-state index contributed by atoms with van der Waals surface area (Å²) in [6.07, 6.45) is 6.77. The quantitative estimate of drug-likeness (QED) is 0.690. The summed E-state index contributed by atoms with van der Waals surface area (Å²) < 4.78 is 7.20. The number of Topliss-reactive ketones (excluding diaryl/α,β-unsaturated/α-hetero) is 1. The monoisotopic (exact) mass is 388 g/mol. The molecule has 2 bridgehead atoms. The highest BCUT2D eigenvalue weighted by molar-refractivity contribution is 6.11. The molecule has 0 amide bonds. The van der Waals surface area contributed by atoms with E-state index in [0.29, 0.717) is 11.8 Å². The second kappa shape index (κ2) is 6.39. The van der Waals surface area contributed by atoms with Gasteiger partial charge in [-0.3, -0.25) is 9.78 Å². The first kappa shape index (κ1) is 17.2. The first-order valence-corrected chi connectivity index (χ1v) is 10.5. The van der Waals surface area contributed by atoms with Gasteiger partial charge in [0, 0.05) is 36.0 Å². The van der Waals surface area contributed by atoms with Gasteiger partial charge in [0.05, 0.1) is 30.2 Å². The maximum Gasteiger partial charge on any atom is 0.168 e. The lowest BCUT2D eigenvalue weighted by Gasteiger charge is -2.47. The summed E-state index contributed by atoms with van der Waals surface area (Å²) >= 11 is 0. The minimum Gasteiger partial charge on any atom is -0.497 e. The van der Waals surface area contributed by atoms with E-state index in [-0.39, 0.29) is 11.7 Å². The first-order valence-electron chi connectivity index (χ1n) is 10.5. The Morgan fingerprint density at radius 2 is 1.90 bits per heavy atom. The molecular formula is C23H24N4O2. The number of hydrogen-bond acceptors (Lipinski definition) is 5. The number of pyridine rings is 1. The van der Waals surface area contributed by atoms with E-state index in [1.807, 2.05) is 35.1 Å². The minimum absolute atomic E-state index is 0.0298. The molecule has 5 heterocycles. The number of ether oxygens (including phenoxy) is 1. The van der Waals surface area contributed by atoms with Crippen molar-refractivity contribution in [1.82, 2.24) is 19.7 Å². The molecule has 2 atom stereocenters. The van der Waals surface area contributed by atoms with Crippen LogP contribution in [0.25, 0.3) is 16.6 Å². The molecule has 3 saturated heterocycles. The summed E-state index contributed by atoms with van der Waals surface area (Å²) in [5.41, 5.74) is 3.65. The first-order chi connectivity index (χ1) is 14.2. The Hall–Kier alpha value is -2.73. The van der Waals surface area contributed by atoms with Gasteiger partial charge in [-0.15, -0.1) is 0 Å². The molecule has 1 aromatic carbocycles. The van der Waals surface area contributed by atoms with E-state index in [1.54, 1.807) is 13.3 Å². The number of ketones is 1. The summed E-state index contributed by atoms with van der Waals surface area (Å²) in [5.74, 6) is 2.22. The SMILES string of the molecule is COc1ccc(-n2nc3c4c(cncc42)C(=O)[C@@H](C2CN4CCC2CC4)C3)cc1. The van der Waals surface area contributed by atoms with Crippen molar-refractivity contribution >= 4 is 16.7 Å². The summed E-state index contributed by atoms with van der Waals surface area (Å²) in [6, 6.07) is 7.85. The smallest absolute Gasteiger partial charge is 0.168 e. The predicted molar refractivity (Wildman–Crippen MR) is 110 cm³/mol. The van der Waals surface area contributed by atoms with Crippen LogP contribution in [-0.2, 0) is 6.42 Å². The minimum atomic E-state index is 0.0298. The van der Waals surface area contributed by atoms with Crippen molar-refractivity contribution in [3.05, 3.63) is 47.9 Å². The van der Waals surface area contributed by atoms with Crippen LogP contribution in [0.15, 0.2) is 36.7 Å². The molecule has 0 N–H and O–H groups in total. The van der Waals surface area contributed by atoms with Crippen LogP contribution in [0.2, 0.25) is 0 Å². The number of benzene rings is 1. The maximum absolute atomic E-state index is 13.5. The van der Waals surface area contributed by atoms with Crippen molar-refractivity contribution in [3.63, 3.8) is 0 Å². The van der Waals surface area contributed by atoms with E-state index in [1.165, 1.54) is 25.9 Å². The zero-order chi connectivity index (χ0) is 19.5. The summed E-state index contributed by atoms with van der Waals surface area (Å²) in [6.45, 7) is 3.44. The van der Waals surface area contributed by atoms with Crippen molar-refractivity contribution < 1.29 is 9.53 Å². The number of methoxy groups -OCH3 is 1. The van der Waals surface area contributed by atoms with Crippen LogP contribution in [-0.4, -0.2) is 52.2 Å². The van der Waals surface area contributed by atoms with Gasteiger partial charge in [0.2, 0.25) is 0 Å². The van der Waals surface area contributed by atoms with E-state index in [9.17, 15) is 4.79 Å². The lowest BCUT2D eigenvalue weighted by Crippen LogP contribution is -2.51. The molecule has 1 unspecified atom stereocenters. The molecule has 1 aliphatic carbocycles. The van der Waals surface area contributed by atoms with Crippen molar-refractivity contribution in [3.8, 4) is 11.4 Å². The third kappa shape index (κ3) is 2.55. The molecular weight excluding hydrogens is 364 g/mol. The number of carbonyl (C=O) groups is 1. The highest BCUT2D eigenvalue weighted by atomic mass is 16.5. The van der Waals surface area contributed by atoms with Gasteiger partial charge >= 0.3 is 0 Å². The summed E-state index contributed by atoms with van der Waals surface area (Å²) in [5, 5.41) is 5.94. The lowest BCUT2D eigenvalue weighted by atomic mass is 9.67. The Balaban J connectivity index is 1.43. The number of hydrogen-bond donors (Lipinski definition) is 0. The van der Waals surface area contributed by atoms with Gasteiger partial charge in [-0.1, -0.05) is 0 Å². The van der Waals surface area contributed by atoms with E-state index in [0.717, 1.165) is 46.6 Å². The Labute approximate surface area is 169 Å². The molecule has 6 heteroatoms.